The van der Waals surface area contributed by atoms with E-state index in [4.69, 9.17) is 0 Å². The van der Waals surface area contributed by atoms with Crippen LogP contribution in [-0.2, 0) is 16.0 Å². The Morgan fingerprint density at radius 3 is 3.00 bits per heavy atom. The summed E-state index contributed by atoms with van der Waals surface area (Å²) in [4.78, 5) is 15.4. The molecule has 0 bridgehead atoms. The number of thiazole rings is 1. The van der Waals surface area contributed by atoms with Crippen molar-refractivity contribution in [3.05, 3.63) is 29.3 Å². The van der Waals surface area contributed by atoms with E-state index in [1.165, 1.54) is 11.3 Å². The molecule has 17 heavy (non-hydrogen) atoms. The second-order valence-electron chi connectivity index (χ2n) is 3.50. The molecule has 2 aromatic rings. The molecule has 0 aliphatic heterocycles. The lowest BCUT2D eigenvalue weighted by Gasteiger charge is -2.04. The molecule has 2 rings (SSSR count). The van der Waals surface area contributed by atoms with Crippen LogP contribution in [0.4, 0.5) is 4.39 Å². The molecule has 90 valence electrons. The first-order valence-electron chi connectivity index (χ1n) is 5.36. The van der Waals surface area contributed by atoms with Crippen LogP contribution in [0.5, 0.6) is 0 Å². The van der Waals surface area contributed by atoms with Crippen LogP contribution in [-0.4, -0.2) is 23.7 Å². The maximum absolute atomic E-state index is 13.5. The fourth-order valence-corrected chi connectivity index (χ4v) is 2.47. The Morgan fingerprint density at radius 2 is 2.29 bits per heavy atom. The van der Waals surface area contributed by atoms with Gasteiger partial charge < -0.3 is 4.74 Å². The number of hydrogen-bond acceptors (Lipinski definition) is 4. The lowest BCUT2D eigenvalue weighted by atomic mass is 10.3. The Labute approximate surface area is 102 Å². The van der Waals surface area contributed by atoms with E-state index in [9.17, 15) is 9.18 Å². The lowest BCUT2D eigenvalue weighted by molar-refractivity contribution is -0.149. The van der Waals surface area contributed by atoms with Gasteiger partial charge in [0.25, 0.3) is 0 Å². The monoisotopic (exact) mass is 253 g/mol. The van der Waals surface area contributed by atoms with Crippen LogP contribution in [0, 0.1) is 0 Å². The van der Waals surface area contributed by atoms with Gasteiger partial charge >= 0.3 is 5.97 Å². The van der Waals surface area contributed by atoms with Crippen LogP contribution < -0.4 is 0 Å². The van der Waals surface area contributed by atoms with Crippen molar-refractivity contribution in [1.82, 2.24) is 4.98 Å². The third-order valence-electron chi connectivity index (χ3n) is 2.23. The highest BCUT2D eigenvalue weighted by Gasteiger charge is 2.20. The van der Waals surface area contributed by atoms with E-state index in [1.807, 2.05) is 24.3 Å². The molecule has 0 fully saturated rings. The third-order valence-corrected chi connectivity index (χ3v) is 3.29. The van der Waals surface area contributed by atoms with Crippen molar-refractivity contribution in [1.29, 1.82) is 0 Å². The van der Waals surface area contributed by atoms with Crippen LogP contribution in [0.2, 0.25) is 0 Å². The molecular weight excluding hydrogens is 241 g/mol. The molecule has 0 aliphatic carbocycles. The molecule has 0 aliphatic rings. The molecule has 1 unspecified atom stereocenters. The molecule has 1 atom stereocenters. The quantitative estimate of drug-likeness (QED) is 0.786. The van der Waals surface area contributed by atoms with Gasteiger partial charge in [-0.1, -0.05) is 12.1 Å². The number of rotatable bonds is 4. The number of aromatic nitrogens is 1. The van der Waals surface area contributed by atoms with Gasteiger partial charge in [0.05, 0.1) is 21.8 Å². The van der Waals surface area contributed by atoms with Crippen LogP contribution in [0.3, 0.4) is 0 Å². The molecule has 0 N–H and O–H groups in total. The number of para-hydroxylation sites is 1. The smallest absolute Gasteiger partial charge is 0.341 e. The number of ether oxygens (including phenoxy) is 1. The first-order chi connectivity index (χ1) is 8.20. The minimum absolute atomic E-state index is 0.0157. The molecule has 0 radical (unpaired) electrons. The fourth-order valence-electron chi connectivity index (χ4n) is 1.48. The SMILES string of the molecule is CCOC(=O)C(F)Cc1nc2ccccc2s1. The predicted octanol–water partition coefficient (Wildman–Crippen LogP) is 2.74. The molecule has 1 aromatic heterocycles. The van der Waals surface area contributed by atoms with Crippen molar-refractivity contribution in [3.8, 4) is 0 Å². The summed E-state index contributed by atoms with van der Waals surface area (Å²) in [6.07, 6.45) is -1.64. The summed E-state index contributed by atoms with van der Waals surface area (Å²) in [7, 11) is 0. The number of benzene rings is 1. The Balaban J connectivity index is 2.10. The summed E-state index contributed by atoms with van der Waals surface area (Å²) < 4.78 is 19.1. The molecule has 0 spiro atoms. The number of esters is 1. The van der Waals surface area contributed by atoms with Gasteiger partial charge in [-0.25, -0.2) is 14.2 Å². The van der Waals surface area contributed by atoms with Crippen LogP contribution in [0.15, 0.2) is 24.3 Å². The van der Waals surface area contributed by atoms with Crippen molar-refractivity contribution in [2.75, 3.05) is 6.61 Å². The zero-order valence-corrected chi connectivity index (χ0v) is 10.2. The Morgan fingerprint density at radius 1 is 1.53 bits per heavy atom. The van der Waals surface area contributed by atoms with Crippen LogP contribution >= 0.6 is 11.3 Å². The lowest BCUT2D eigenvalue weighted by Crippen LogP contribution is -2.21. The topological polar surface area (TPSA) is 39.2 Å². The second kappa shape index (κ2) is 5.23. The molecule has 1 heterocycles. The van der Waals surface area contributed by atoms with Crippen molar-refractivity contribution in [2.45, 2.75) is 19.5 Å². The van der Waals surface area contributed by atoms with E-state index in [0.29, 0.717) is 5.01 Å². The number of fused-ring (bicyclic) bond motifs is 1. The highest BCUT2D eigenvalue weighted by Crippen LogP contribution is 2.23. The predicted molar refractivity (Wildman–Crippen MR) is 64.9 cm³/mol. The average molecular weight is 253 g/mol. The summed E-state index contributed by atoms with van der Waals surface area (Å²) in [5, 5.41) is 0.617. The first kappa shape index (κ1) is 12.0. The van der Waals surface area contributed by atoms with Gasteiger partial charge in [0.1, 0.15) is 0 Å². The Bertz CT molecular complexity index is 493. The normalized spacial score (nSPS) is 12.6. The van der Waals surface area contributed by atoms with Gasteiger partial charge in [0.2, 0.25) is 6.17 Å². The second-order valence-corrected chi connectivity index (χ2v) is 4.61. The molecule has 3 nitrogen and oxygen atoms in total. The van der Waals surface area contributed by atoms with Gasteiger partial charge in [-0.05, 0) is 19.1 Å². The molecule has 0 saturated carbocycles. The highest BCUT2D eigenvalue weighted by molar-refractivity contribution is 7.18. The average Bonchev–Trinajstić information content (AvgIpc) is 2.71. The molecule has 0 saturated heterocycles. The fraction of sp³-hybridized carbons (Fsp3) is 0.333. The van der Waals surface area contributed by atoms with E-state index in [0.717, 1.165) is 10.2 Å². The Hall–Kier alpha value is -1.49. The van der Waals surface area contributed by atoms with Crippen LogP contribution in [0.25, 0.3) is 10.2 Å². The number of carbonyl (C=O) groups excluding carboxylic acids is 1. The summed E-state index contributed by atoms with van der Waals surface area (Å²) in [6, 6.07) is 7.58. The largest absolute Gasteiger partial charge is 0.464 e. The van der Waals surface area contributed by atoms with Gasteiger partial charge in [-0.3, -0.25) is 0 Å². The minimum Gasteiger partial charge on any atom is -0.464 e. The Kier molecular flexibility index (Phi) is 3.68. The van der Waals surface area contributed by atoms with Crippen molar-refractivity contribution < 1.29 is 13.9 Å². The van der Waals surface area contributed by atoms with Gasteiger partial charge in [0.15, 0.2) is 0 Å². The van der Waals surface area contributed by atoms with E-state index in [1.54, 1.807) is 6.92 Å². The highest BCUT2D eigenvalue weighted by atomic mass is 32.1. The van der Waals surface area contributed by atoms with Crippen LogP contribution in [0.1, 0.15) is 11.9 Å². The maximum atomic E-state index is 13.5. The summed E-state index contributed by atoms with van der Waals surface area (Å²) in [5.74, 6) is -0.813. The van der Waals surface area contributed by atoms with E-state index >= 15 is 0 Å². The standard InChI is InChI=1S/C12H12FNO2S/c1-2-16-12(15)8(13)7-11-14-9-5-3-4-6-10(9)17-11/h3-6,8H,2,7H2,1H3. The number of carbonyl (C=O) groups is 1. The van der Waals surface area contributed by atoms with Gasteiger partial charge in [-0.15, -0.1) is 11.3 Å². The zero-order valence-electron chi connectivity index (χ0n) is 9.35. The van der Waals surface area contributed by atoms with Crippen molar-refractivity contribution >= 4 is 27.5 Å². The summed E-state index contributed by atoms with van der Waals surface area (Å²) in [6.45, 7) is 1.85. The third kappa shape index (κ3) is 2.79. The number of hydrogen-bond donors (Lipinski definition) is 0. The zero-order chi connectivity index (χ0) is 12.3. The van der Waals surface area contributed by atoms with E-state index in [2.05, 4.69) is 9.72 Å². The number of alkyl halides is 1. The first-order valence-corrected chi connectivity index (χ1v) is 6.17. The van der Waals surface area contributed by atoms with Crippen molar-refractivity contribution in [2.24, 2.45) is 0 Å². The molecule has 5 heteroatoms. The summed E-state index contributed by atoms with van der Waals surface area (Å²) >= 11 is 1.40. The molecule has 1 aromatic carbocycles. The van der Waals surface area contributed by atoms with E-state index < -0.39 is 12.1 Å². The number of halogens is 1. The number of nitrogens with zero attached hydrogens (tertiary/aromatic N) is 1. The van der Waals surface area contributed by atoms with E-state index in [-0.39, 0.29) is 13.0 Å². The van der Waals surface area contributed by atoms with Crippen molar-refractivity contribution in [3.63, 3.8) is 0 Å². The summed E-state index contributed by atoms with van der Waals surface area (Å²) in [5.41, 5.74) is 0.837. The van der Waals surface area contributed by atoms with Gasteiger partial charge in [0, 0.05) is 6.42 Å². The molecule has 0 amide bonds. The minimum atomic E-state index is -1.63. The maximum Gasteiger partial charge on any atom is 0.341 e. The van der Waals surface area contributed by atoms with Gasteiger partial charge in [-0.2, -0.15) is 0 Å². The molecular formula is C12H12FNO2S.